The van der Waals surface area contributed by atoms with E-state index in [1.54, 1.807) is 0 Å². The summed E-state index contributed by atoms with van der Waals surface area (Å²) in [4.78, 5) is 22.8. The number of amides is 1. The van der Waals surface area contributed by atoms with Gasteiger partial charge in [-0.05, 0) is 25.6 Å². The van der Waals surface area contributed by atoms with E-state index >= 15 is 0 Å². The number of aromatic nitrogens is 1. The number of phenols is 1. The largest absolute Gasteiger partial charge is 0.507 e. The molecule has 34 heavy (non-hydrogen) atoms. The summed E-state index contributed by atoms with van der Waals surface area (Å²) >= 11 is 6.77. The van der Waals surface area contributed by atoms with Gasteiger partial charge in [0.25, 0.3) is 5.91 Å². The van der Waals surface area contributed by atoms with E-state index in [1.165, 1.54) is 18.2 Å². The monoisotopic (exact) mass is 487 g/mol. The molecule has 1 aliphatic carbocycles. The average molecular weight is 488 g/mol. The number of nitrogens with zero attached hydrogens (tertiary/aromatic N) is 3. The number of nitrogens with one attached hydrogen (secondary N) is 2. The second-order valence-electron chi connectivity index (χ2n) is 9.62. The highest BCUT2D eigenvalue weighted by Gasteiger charge is 2.60. The Morgan fingerprint density at radius 2 is 2.09 bits per heavy atom. The van der Waals surface area contributed by atoms with Crippen LogP contribution in [0.25, 0.3) is 11.3 Å². The molecule has 10 heteroatoms. The van der Waals surface area contributed by atoms with Crippen LogP contribution in [0, 0.1) is 5.82 Å². The van der Waals surface area contributed by atoms with Crippen molar-refractivity contribution in [3.05, 3.63) is 40.3 Å². The zero-order chi connectivity index (χ0) is 23.6. The Bertz CT molecular complexity index is 1160. The van der Waals surface area contributed by atoms with Crippen LogP contribution < -0.4 is 15.4 Å². The number of halogens is 2. The number of likely N-dealkylation sites (N-methyl/N-ethyl adjacent to an activating group) is 1. The molecule has 2 unspecified atom stereocenters. The summed E-state index contributed by atoms with van der Waals surface area (Å²) in [5.74, 6) is -0.859. The second kappa shape index (κ2) is 8.05. The highest BCUT2D eigenvalue weighted by Crippen LogP contribution is 2.58. The van der Waals surface area contributed by atoms with Crippen molar-refractivity contribution in [2.45, 2.75) is 23.9 Å². The first-order valence-corrected chi connectivity index (χ1v) is 12.1. The molecule has 6 rings (SSSR count). The van der Waals surface area contributed by atoms with Crippen molar-refractivity contribution in [3.63, 3.8) is 0 Å². The molecule has 1 aromatic heterocycles. The fourth-order valence-corrected chi connectivity index (χ4v) is 6.02. The van der Waals surface area contributed by atoms with Gasteiger partial charge in [0.15, 0.2) is 5.75 Å². The lowest BCUT2D eigenvalue weighted by molar-refractivity contribution is 0.0605. The molecule has 2 aromatic rings. The molecule has 3 atom stereocenters. The van der Waals surface area contributed by atoms with Crippen molar-refractivity contribution >= 4 is 17.5 Å². The Hall–Kier alpha value is -2.46. The number of ether oxygens (including phenoxy) is 1. The Labute approximate surface area is 202 Å². The summed E-state index contributed by atoms with van der Waals surface area (Å²) < 4.78 is 21.1. The van der Waals surface area contributed by atoms with Gasteiger partial charge in [0.2, 0.25) is 0 Å². The van der Waals surface area contributed by atoms with E-state index in [-0.39, 0.29) is 57.8 Å². The normalized spacial score (nSPS) is 28.8. The number of phenolic OH excluding ortho intramolecular Hbond substituents is 1. The molecule has 4 heterocycles. The SMILES string of the molecule is CN1CCNCC12CC2c1nc(-c2c(O)cccc2F)c(Cl)c2c1C(=O)N1CCNC[C@@H]1CO2. The first-order valence-electron chi connectivity index (χ1n) is 11.7. The van der Waals surface area contributed by atoms with E-state index in [1.807, 2.05) is 4.90 Å². The van der Waals surface area contributed by atoms with E-state index in [2.05, 4.69) is 22.6 Å². The third kappa shape index (κ3) is 3.21. The van der Waals surface area contributed by atoms with Crippen LogP contribution in [0.4, 0.5) is 4.39 Å². The maximum absolute atomic E-state index is 14.9. The maximum atomic E-state index is 14.9. The third-order valence-corrected chi connectivity index (χ3v) is 8.14. The average Bonchev–Trinajstić information content (AvgIpc) is 3.57. The van der Waals surface area contributed by atoms with Gasteiger partial charge in [0, 0.05) is 50.7 Å². The Morgan fingerprint density at radius 3 is 2.88 bits per heavy atom. The van der Waals surface area contributed by atoms with Crippen LogP contribution in [0.15, 0.2) is 18.2 Å². The number of hydrogen-bond donors (Lipinski definition) is 3. The fraction of sp³-hybridized carbons (Fsp3) is 0.500. The molecule has 4 aliphatic rings. The molecule has 1 amide bonds. The van der Waals surface area contributed by atoms with Gasteiger partial charge in [-0.1, -0.05) is 17.7 Å². The molecule has 1 aromatic carbocycles. The van der Waals surface area contributed by atoms with Gasteiger partial charge in [-0.2, -0.15) is 0 Å². The third-order valence-electron chi connectivity index (χ3n) is 7.79. The van der Waals surface area contributed by atoms with Crippen molar-refractivity contribution in [3.8, 4) is 22.8 Å². The summed E-state index contributed by atoms with van der Waals surface area (Å²) in [5, 5.41) is 17.3. The lowest BCUT2D eigenvalue weighted by Crippen LogP contribution is -2.55. The van der Waals surface area contributed by atoms with Crippen LogP contribution >= 0.6 is 11.6 Å². The smallest absolute Gasteiger partial charge is 0.260 e. The molecular weight excluding hydrogens is 461 g/mol. The van der Waals surface area contributed by atoms with Gasteiger partial charge < -0.3 is 25.4 Å². The van der Waals surface area contributed by atoms with E-state index in [0.29, 0.717) is 30.9 Å². The van der Waals surface area contributed by atoms with E-state index in [0.717, 1.165) is 26.1 Å². The predicted octanol–water partition coefficient (Wildman–Crippen LogP) is 1.81. The quantitative estimate of drug-likeness (QED) is 0.595. The van der Waals surface area contributed by atoms with Crippen LogP contribution in [0.1, 0.15) is 28.4 Å². The van der Waals surface area contributed by atoms with Crippen LogP contribution in [0.2, 0.25) is 5.02 Å². The molecule has 3 aliphatic heterocycles. The summed E-state index contributed by atoms with van der Waals surface area (Å²) in [6, 6.07) is 3.95. The first kappa shape index (κ1) is 22.0. The Balaban J connectivity index is 1.56. The number of piperazine rings is 2. The highest BCUT2D eigenvalue weighted by molar-refractivity contribution is 6.35. The molecule has 0 bridgehead atoms. The Kier molecular flexibility index (Phi) is 5.22. The molecule has 2 saturated heterocycles. The number of aromatic hydroxyl groups is 1. The molecular formula is C24H27ClFN5O3. The highest BCUT2D eigenvalue weighted by atomic mass is 35.5. The maximum Gasteiger partial charge on any atom is 0.260 e. The van der Waals surface area contributed by atoms with Crippen molar-refractivity contribution in [2.24, 2.45) is 0 Å². The van der Waals surface area contributed by atoms with E-state index in [9.17, 15) is 14.3 Å². The van der Waals surface area contributed by atoms with Crippen LogP contribution in [-0.2, 0) is 0 Å². The van der Waals surface area contributed by atoms with Gasteiger partial charge in [0.1, 0.15) is 28.8 Å². The number of hydrogen-bond acceptors (Lipinski definition) is 7. The summed E-state index contributed by atoms with van der Waals surface area (Å²) in [6.07, 6.45) is 0.818. The lowest BCUT2D eigenvalue weighted by atomic mass is 9.99. The van der Waals surface area contributed by atoms with Gasteiger partial charge in [0.05, 0.1) is 23.0 Å². The molecule has 3 N–H and O–H groups in total. The molecule has 3 fully saturated rings. The molecule has 1 saturated carbocycles. The number of pyridine rings is 1. The number of carbonyl (C=O) groups excluding carboxylic acids is 1. The summed E-state index contributed by atoms with van der Waals surface area (Å²) in [5.41, 5.74) is 0.787. The van der Waals surface area contributed by atoms with Crippen LogP contribution in [-0.4, -0.2) is 90.3 Å². The molecule has 1 spiro atoms. The minimum Gasteiger partial charge on any atom is -0.507 e. The molecule has 180 valence electrons. The first-order chi connectivity index (χ1) is 16.4. The van der Waals surface area contributed by atoms with Crippen LogP contribution in [0.3, 0.4) is 0 Å². The van der Waals surface area contributed by atoms with Crippen LogP contribution in [0.5, 0.6) is 11.5 Å². The van der Waals surface area contributed by atoms with Gasteiger partial charge in [-0.3, -0.25) is 9.69 Å². The van der Waals surface area contributed by atoms with Gasteiger partial charge in [-0.15, -0.1) is 0 Å². The lowest BCUT2D eigenvalue weighted by Gasteiger charge is -2.35. The standard InChI is InChI=1S/C24H27ClFN5O3/c1-30-7-5-28-12-24(30)9-14(24)20-18-22(34-11-13-10-27-6-8-31(13)23(18)33)19(25)21(29-20)17-15(26)3-2-4-16(17)32/h2-4,13-14,27-28,32H,5-12H2,1H3/t13-,14?,24?/m1/s1. The molecule has 8 nitrogen and oxygen atoms in total. The second-order valence-corrected chi connectivity index (χ2v) is 10.0. The number of rotatable bonds is 2. The van der Waals surface area contributed by atoms with Gasteiger partial charge >= 0.3 is 0 Å². The zero-order valence-electron chi connectivity index (χ0n) is 18.9. The predicted molar refractivity (Wildman–Crippen MR) is 125 cm³/mol. The van der Waals surface area contributed by atoms with Crippen molar-refractivity contribution in [1.29, 1.82) is 0 Å². The number of benzene rings is 1. The minimum absolute atomic E-state index is 0.0454. The van der Waals surface area contributed by atoms with Crippen molar-refractivity contribution in [1.82, 2.24) is 25.4 Å². The number of carbonyl (C=O) groups is 1. The number of fused-ring (bicyclic) bond motifs is 2. The summed E-state index contributed by atoms with van der Waals surface area (Å²) in [6.45, 7) is 4.73. The fourth-order valence-electron chi connectivity index (χ4n) is 5.74. The topological polar surface area (TPSA) is 90.0 Å². The van der Waals surface area contributed by atoms with Crippen molar-refractivity contribution < 1.29 is 19.0 Å². The molecule has 0 radical (unpaired) electrons. The Morgan fingerprint density at radius 1 is 1.26 bits per heavy atom. The van der Waals surface area contributed by atoms with Gasteiger partial charge in [-0.25, -0.2) is 9.37 Å². The minimum atomic E-state index is -0.635. The van der Waals surface area contributed by atoms with E-state index < -0.39 is 5.82 Å². The zero-order valence-corrected chi connectivity index (χ0v) is 19.7. The summed E-state index contributed by atoms with van der Waals surface area (Å²) in [7, 11) is 2.09. The van der Waals surface area contributed by atoms with E-state index in [4.69, 9.17) is 21.3 Å². The van der Waals surface area contributed by atoms with Crippen molar-refractivity contribution in [2.75, 3.05) is 52.9 Å².